The molecule has 0 spiro atoms. The van der Waals surface area contributed by atoms with Crippen LogP contribution >= 0.6 is 0 Å². The smallest absolute Gasteiger partial charge is 0.123 e. The average Bonchev–Trinajstić information content (AvgIpc) is 2.93. The number of nitrogens with two attached hydrogens (primary N) is 1. The summed E-state index contributed by atoms with van der Waals surface area (Å²) in [6.45, 7) is 2.21. The number of hydrogen-bond donors (Lipinski definition) is 1. The molecule has 1 aromatic heterocycles. The van der Waals surface area contributed by atoms with E-state index in [0.29, 0.717) is 23.5 Å². The molecule has 0 saturated heterocycles. The van der Waals surface area contributed by atoms with E-state index in [4.69, 9.17) is 10.5 Å². The Morgan fingerprint density at radius 3 is 2.58 bits per heavy atom. The third-order valence-corrected chi connectivity index (χ3v) is 3.99. The van der Waals surface area contributed by atoms with Gasteiger partial charge in [-0.1, -0.05) is 12.1 Å². The van der Waals surface area contributed by atoms with Gasteiger partial charge >= 0.3 is 0 Å². The molecule has 0 saturated carbocycles. The van der Waals surface area contributed by atoms with Crippen LogP contribution < -0.4 is 10.5 Å². The van der Waals surface area contributed by atoms with Gasteiger partial charge in [0.15, 0.2) is 0 Å². The number of aryl methyl sites for hydroxylation is 1. The van der Waals surface area contributed by atoms with Crippen LogP contribution in [0.3, 0.4) is 0 Å². The number of nitrogens with zero attached hydrogens (tertiary/aromatic N) is 2. The molecular weight excluding hydrogens is 305 g/mol. The number of ether oxygens (including phenoxy) is 1. The van der Waals surface area contributed by atoms with Crippen molar-refractivity contribution in [2.45, 2.75) is 13.5 Å². The lowest BCUT2D eigenvalue weighted by Gasteiger charge is -2.09. The van der Waals surface area contributed by atoms with Crippen LogP contribution in [0, 0.1) is 11.3 Å². The monoisotopic (exact) mass is 323 g/mol. The van der Waals surface area contributed by atoms with Crippen molar-refractivity contribution in [3.8, 4) is 23.1 Å². The van der Waals surface area contributed by atoms with E-state index in [1.807, 2.05) is 43.3 Å². The first-order chi connectivity index (χ1) is 11.7. The van der Waals surface area contributed by atoms with E-state index in [1.165, 1.54) is 0 Å². The molecule has 1 heterocycles. The maximum atomic E-state index is 12.3. The summed E-state index contributed by atoms with van der Waals surface area (Å²) in [6.07, 6.45) is 0. The normalized spacial score (nSPS) is 10.7. The second-order valence-corrected chi connectivity index (χ2v) is 5.42. The lowest BCUT2D eigenvalue weighted by Crippen LogP contribution is -2.00. The van der Waals surface area contributed by atoms with Gasteiger partial charge in [-0.2, -0.15) is 5.26 Å². The molecule has 24 heavy (non-hydrogen) atoms. The number of benzene rings is 2. The SMILES string of the molecule is CCn1c(-c2ccc(N)cc2)c(C#N)c2ccc(OCCF)cc21. The molecule has 2 N–H and O–H groups in total. The van der Waals surface area contributed by atoms with E-state index in [1.54, 1.807) is 6.07 Å². The van der Waals surface area contributed by atoms with E-state index in [9.17, 15) is 9.65 Å². The first-order valence-corrected chi connectivity index (χ1v) is 7.80. The number of hydrogen-bond acceptors (Lipinski definition) is 3. The highest BCUT2D eigenvalue weighted by atomic mass is 19.1. The van der Waals surface area contributed by atoms with Gasteiger partial charge in [-0.3, -0.25) is 0 Å². The van der Waals surface area contributed by atoms with E-state index < -0.39 is 6.67 Å². The van der Waals surface area contributed by atoms with Crippen LogP contribution in [0.1, 0.15) is 12.5 Å². The summed E-state index contributed by atoms with van der Waals surface area (Å²) in [4.78, 5) is 0. The number of rotatable bonds is 5. The summed E-state index contributed by atoms with van der Waals surface area (Å²) in [5.74, 6) is 0.598. The molecule has 2 aromatic carbocycles. The molecule has 0 aliphatic heterocycles. The van der Waals surface area contributed by atoms with Crippen molar-refractivity contribution in [3.05, 3.63) is 48.0 Å². The lowest BCUT2D eigenvalue weighted by molar-refractivity contribution is 0.273. The molecule has 3 rings (SSSR count). The predicted octanol–water partition coefficient (Wildman–Crippen LogP) is 4.13. The largest absolute Gasteiger partial charge is 0.491 e. The predicted molar refractivity (Wildman–Crippen MR) is 93.6 cm³/mol. The van der Waals surface area contributed by atoms with Gasteiger partial charge in [0, 0.05) is 23.7 Å². The standard InChI is InChI=1S/C19H18FN3O/c1-2-23-18-11-15(24-10-9-20)7-8-16(18)17(12-21)19(23)13-3-5-14(22)6-4-13/h3-8,11H,2,9-10,22H2,1H3. The van der Waals surface area contributed by atoms with E-state index >= 15 is 0 Å². The van der Waals surface area contributed by atoms with Crippen LogP contribution in [-0.2, 0) is 6.54 Å². The molecule has 0 aliphatic rings. The van der Waals surface area contributed by atoms with Crippen molar-refractivity contribution in [1.29, 1.82) is 5.26 Å². The van der Waals surface area contributed by atoms with Crippen LogP contribution in [0.2, 0.25) is 0 Å². The van der Waals surface area contributed by atoms with E-state index in [2.05, 4.69) is 10.6 Å². The zero-order valence-electron chi connectivity index (χ0n) is 13.4. The summed E-state index contributed by atoms with van der Waals surface area (Å²) in [5.41, 5.74) is 9.76. The lowest BCUT2D eigenvalue weighted by atomic mass is 10.1. The Kier molecular flexibility index (Phi) is 4.39. The van der Waals surface area contributed by atoms with Gasteiger partial charge in [0.05, 0.1) is 16.8 Å². The quantitative estimate of drug-likeness (QED) is 0.718. The zero-order chi connectivity index (χ0) is 17.1. The number of fused-ring (bicyclic) bond motifs is 1. The van der Waals surface area contributed by atoms with Crippen LogP contribution in [-0.4, -0.2) is 17.8 Å². The molecule has 0 atom stereocenters. The third-order valence-electron chi connectivity index (χ3n) is 3.99. The Labute approximate surface area is 139 Å². The summed E-state index contributed by atoms with van der Waals surface area (Å²) < 4.78 is 19.8. The van der Waals surface area contributed by atoms with Crippen molar-refractivity contribution in [1.82, 2.24) is 4.57 Å². The van der Waals surface area contributed by atoms with Gasteiger partial charge in [0.1, 0.15) is 25.1 Å². The fourth-order valence-corrected chi connectivity index (χ4v) is 2.96. The topological polar surface area (TPSA) is 64.0 Å². The summed E-state index contributed by atoms with van der Waals surface area (Å²) in [5, 5.41) is 10.5. The highest BCUT2D eigenvalue weighted by Crippen LogP contribution is 2.35. The number of halogens is 1. The van der Waals surface area contributed by atoms with Gasteiger partial charge in [-0.25, -0.2) is 4.39 Å². The van der Waals surface area contributed by atoms with Crippen LogP contribution in [0.5, 0.6) is 5.75 Å². The number of nitriles is 1. The first-order valence-electron chi connectivity index (χ1n) is 7.80. The molecule has 0 bridgehead atoms. The van der Waals surface area contributed by atoms with Crippen molar-refractivity contribution in [3.63, 3.8) is 0 Å². The third kappa shape index (κ3) is 2.67. The second kappa shape index (κ2) is 6.63. The van der Waals surface area contributed by atoms with Crippen LogP contribution in [0.25, 0.3) is 22.2 Å². The minimum Gasteiger partial charge on any atom is -0.491 e. The van der Waals surface area contributed by atoms with Crippen molar-refractivity contribution >= 4 is 16.6 Å². The van der Waals surface area contributed by atoms with Gasteiger partial charge < -0.3 is 15.0 Å². The van der Waals surface area contributed by atoms with Gasteiger partial charge in [-0.15, -0.1) is 0 Å². The Hall–Kier alpha value is -3.00. The number of anilines is 1. The summed E-state index contributed by atoms with van der Waals surface area (Å²) in [7, 11) is 0. The molecular formula is C19H18FN3O. The molecule has 0 unspecified atom stereocenters. The Balaban J connectivity index is 2.24. The van der Waals surface area contributed by atoms with Crippen molar-refractivity contribution in [2.75, 3.05) is 19.0 Å². The highest BCUT2D eigenvalue weighted by Gasteiger charge is 2.18. The Morgan fingerprint density at radius 1 is 1.21 bits per heavy atom. The Bertz CT molecular complexity index is 907. The number of alkyl halides is 1. The molecule has 4 nitrogen and oxygen atoms in total. The molecule has 122 valence electrons. The number of aromatic nitrogens is 1. The minimum absolute atomic E-state index is 0.0221. The van der Waals surface area contributed by atoms with Gasteiger partial charge in [0.25, 0.3) is 0 Å². The zero-order valence-corrected chi connectivity index (χ0v) is 13.4. The van der Waals surface area contributed by atoms with E-state index in [0.717, 1.165) is 22.2 Å². The average molecular weight is 323 g/mol. The number of nitrogen functional groups attached to an aromatic ring is 1. The highest BCUT2D eigenvalue weighted by molar-refractivity contribution is 5.95. The van der Waals surface area contributed by atoms with Crippen LogP contribution in [0.15, 0.2) is 42.5 Å². The molecule has 5 heteroatoms. The fourth-order valence-electron chi connectivity index (χ4n) is 2.96. The Morgan fingerprint density at radius 2 is 1.96 bits per heavy atom. The maximum absolute atomic E-state index is 12.3. The second-order valence-electron chi connectivity index (χ2n) is 5.42. The molecule has 0 radical (unpaired) electrons. The fraction of sp³-hybridized carbons (Fsp3) is 0.211. The maximum Gasteiger partial charge on any atom is 0.123 e. The molecule has 0 amide bonds. The summed E-state index contributed by atoms with van der Waals surface area (Å²) >= 11 is 0. The van der Waals surface area contributed by atoms with Gasteiger partial charge in [-0.05, 0) is 36.8 Å². The van der Waals surface area contributed by atoms with Crippen molar-refractivity contribution < 1.29 is 9.13 Å². The molecule has 0 aliphatic carbocycles. The van der Waals surface area contributed by atoms with Crippen LogP contribution in [0.4, 0.5) is 10.1 Å². The van der Waals surface area contributed by atoms with Gasteiger partial charge in [0.2, 0.25) is 0 Å². The van der Waals surface area contributed by atoms with E-state index in [-0.39, 0.29) is 6.61 Å². The van der Waals surface area contributed by atoms with Crippen molar-refractivity contribution in [2.24, 2.45) is 0 Å². The molecule has 3 aromatic rings. The summed E-state index contributed by atoms with van der Waals surface area (Å²) in [6, 6.07) is 15.3. The molecule has 0 fully saturated rings. The first kappa shape index (κ1) is 15.9. The minimum atomic E-state index is -0.535.